The lowest BCUT2D eigenvalue weighted by Crippen LogP contribution is -2.43. The van der Waals surface area contributed by atoms with Crippen LogP contribution in [0.2, 0.25) is 0 Å². The van der Waals surface area contributed by atoms with Crippen LogP contribution in [0.1, 0.15) is 38.3 Å². The van der Waals surface area contributed by atoms with Gasteiger partial charge in [-0.15, -0.1) is 0 Å². The van der Waals surface area contributed by atoms with Gasteiger partial charge in [-0.05, 0) is 38.3 Å². The average molecular weight is 311 g/mol. The largest absolute Gasteiger partial charge is 0.352 e. The highest BCUT2D eigenvalue weighted by molar-refractivity contribution is 9.10. The van der Waals surface area contributed by atoms with E-state index in [1.54, 1.807) is 0 Å². The van der Waals surface area contributed by atoms with E-state index in [-0.39, 0.29) is 18.0 Å². The normalized spacial score (nSPS) is 18.2. The molecule has 0 heterocycles. The highest BCUT2D eigenvalue weighted by atomic mass is 79.9. The van der Waals surface area contributed by atoms with E-state index in [4.69, 9.17) is 0 Å². The molecular formula is C14H19BrN2O. The van der Waals surface area contributed by atoms with Crippen molar-refractivity contribution >= 4 is 21.8 Å². The number of amides is 1. The lowest BCUT2D eigenvalue weighted by Gasteiger charge is -2.20. The average Bonchev–Trinajstić information content (AvgIpc) is 3.13. The summed E-state index contributed by atoms with van der Waals surface area (Å²) in [5.41, 5.74) is 1.17. The summed E-state index contributed by atoms with van der Waals surface area (Å²) in [7, 11) is 0. The van der Waals surface area contributed by atoms with Crippen molar-refractivity contribution in [3.63, 3.8) is 0 Å². The molecule has 1 fully saturated rings. The molecule has 2 rings (SSSR count). The van der Waals surface area contributed by atoms with Gasteiger partial charge >= 0.3 is 0 Å². The van der Waals surface area contributed by atoms with E-state index in [1.165, 1.54) is 5.56 Å². The maximum Gasteiger partial charge on any atom is 0.237 e. The summed E-state index contributed by atoms with van der Waals surface area (Å²) in [5.74, 6) is 0.0939. The first-order chi connectivity index (χ1) is 8.58. The first-order valence-electron chi connectivity index (χ1n) is 6.39. The van der Waals surface area contributed by atoms with Crippen LogP contribution in [0.3, 0.4) is 0 Å². The van der Waals surface area contributed by atoms with Crippen LogP contribution in [0.5, 0.6) is 0 Å². The Labute approximate surface area is 116 Å². The van der Waals surface area contributed by atoms with E-state index < -0.39 is 0 Å². The number of rotatable bonds is 5. The number of carbonyl (C=O) groups is 1. The first kappa shape index (κ1) is 13.6. The molecule has 1 aliphatic rings. The SMILES string of the molecule is CC(N[C@@H](C)c1ccccc1Br)C(=O)NC1CC1. The third-order valence-corrected chi connectivity index (χ3v) is 3.91. The molecule has 18 heavy (non-hydrogen) atoms. The van der Waals surface area contributed by atoms with Gasteiger partial charge in [0.2, 0.25) is 5.91 Å². The van der Waals surface area contributed by atoms with Crippen molar-refractivity contribution in [2.24, 2.45) is 0 Å². The Balaban J connectivity index is 1.91. The number of benzene rings is 1. The van der Waals surface area contributed by atoms with Crippen molar-refractivity contribution in [3.05, 3.63) is 34.3 Å². The summed E-state index contributed by atoms with van der Waals surface area (Å²) >= 11 is 3.53. The molecule has 0 radical (unpaired) electrons. The van der Waals surface area contributed by atoms with E-state index in [1.807, 2.05) is 25.1 Å². The summed E-state index contributed by atoms with van der Waals surface area (Å²) in [6.45, 7) is 3.98. The zero-order valence-electron chi connectivity index (χ0n) is 10.7. The minimum Gasteiger partial charge on any atom is -0.352 e. The van der Waals surface area contributed by atoms with Crippen LogP contribution < -0.4 is 10.6 Å². The molecule has 2 atom stereocenters. The molecule has 0 saturated heterocycles. The number of nitrogens with one attached hydrogen (secondary N) is 2. The van der Waals surface area contributed by atoms with E-state index in [0.29, 0.717) is 6.04 Å². The third kappa shape index (κ3) is 3.56. The molecule has 4 heteroatoms. The standard InChI is InChI=1S/C14H19BrN2O/c1-9(12-5-3-4-6-13(12)15)16-10(2)14(18)17-11-7-8-11/h3-6,9-11,16H,7-8H2,1-2H3,(H,17,18)/t9-,10?/m0/s1. The maximum atomic E-state index is 11.9. The van der Waals surface area contributed by atoms with Gasteiger partial charge in [-0.25, -0.2) is 0 Å². The Morgan fingerprint density at radius 1 is 1.33 bits per heavy atom. The van der Waals surface area contributed by atoms with Gasteiger partial charge < -0.3 is 5.32 Å². The number of carbonyl (C=O) groups excluding carboxylic acids is 1. The van der Waals surface area contributed by atoms with Gasteiger partial charge in [0.15, 0.2) is 0 Å². The number of halogens is 1. The molecule has 1 aromatic rings. The molecule has 0 aliphatic heterocycles. The predicted molar refractivity (Wildman–Crippen MR) is 76.3 cm³/mol. The lowest BCUT2D eigenvalue weighted by molar-refractivity contribution is -0.123. The van der Waals surface area contributed by atoms with Gasteiger partial charge in [0.1, 0.15) is 0 Å². The predicted octanol–water partition coefficient (Wildman–Crippen LogP) is 2.77. The molecule has 0 spiro atoms. The Kier molecular flexibility index (Phi) is 4.40. The lowest BCUT2D eigenvalue weighted by atomic mass is 10.1. The van der Waals surface area contributed by atoms with Gasteiger partial charge in [-0.1, -0.05) is 34.1 Å². The number of hydrogen-bond donors (Lipinski definition) is 2. The molecule has 98 valence electrons. The van der Waals surface area contributed by atoms with E-state index >= 15 is 0 Å². The van der Waals surface area contributed by atoms with Crippen LogP contribution in [-0.2, 0) is 4.79 Å². The van der Waals surface area contributed by atoms with E-state index in [0.717, 1.165) is 17.3 Å². The van der Waals surface area contributed by atoms with Crippen LogP contribution >= 0.6 is 15.9 Å². The highest BCUT2D eigenvalue weighted by Gasteiger charge is 2.26. The summed E-state index contributed by atoms with van der Waals surface area (Å²) in [5, 5.41) is 6.34. The van der Waals surface area contributed by atoms with E-state index in [9.17, 15) is 4.79 Å². The fourth-order valence-electron chi connectivity index (χ4n) is 1.92. The molecule has 1 amide bonds. The third-order valence-electron chi connectivity index (χ3n) is 3.19. The smallest absolute Gasteiger partial charge is 0.237 e. The molecule has 0 aromatic heterocycles. The molecular weight excluding hydrogens is 292 g/mol. The summed E-state index contributed by atoms with van der Waals surface area (Å²) in [4.78, 5) is 11.9. The van der Waals surface area contributed by atoms with Gasteiger partial charge in [0.25, 0.3) is 0 Å². The summed E-state index contributed by atoms with van der Waals surface area (Å²) < 4.78 is 1.07. The second-order valence-electron chi connectivity index (χ2n) is 4.91. The van der Waals surface area contributed by atoms with Crippen molar-refractivity contribution in [1.29, 1.82) is 0 Å². The van der Waals surface area contributed by atoms with Crippen molar-refractivity contribution in [2.45, 2.75) is 44.8 Å². The Morgan fingerprint density at radius 2 is 2.00 bits per heavy atom. The molecule has 1 aliphatic carbocycles. The first-order valence-corrected chi connectivity index (χ1v) is 7.18. The molecule has 1 aromatic carbocycles. The fraction of sp³-hybridized carbons (Fsp3) is 0.500. The second kappa shape index (κ2) is 5.85. The Bertz CT molecular complexity index is 432. The van der Waals surface area contributed by atoms with Gasteiger partial charge in [0.05, 0.1) is 6.04 Å². The highest BCUT2D eigenvalue weighted by Crippen LogP contribution is 2.23. The van der Waals surface area contributed by atoms with E-state index in [2.05, 4.69) is 39.6 Å². The topological polar surface area (TPSA) is 41.1 Å². The molecule has 1 saturated carbocycles. The molecule has 1 unspecified atom stereocenters. The van der Waals surface area contributed by atoms with Crippen LogP contribution in [-0.4, -0.2) is 18.0 Å². The Hall–Kier alpha value is -0.870. The van der Waals surface area contributed by atoms with Crippen molar-refractivity contribution in [2.75, 3.05) is 0 Å². The van der Waals surface area contributed by atoms with Crippen molar-refractivity contribution in [1.82, 2.24) is 10.6 Å². The number of hydrogen-bond acceptors (Lipinski definition) is 2. The van der Waals surface area contributed by atoms with Crippen molar-refractivity contribution in [3.8, 4) is 0 Å². The van der Waals surface area contributed by atoms with Crippen LogP contribution in [0, 0.1) is 0 Å². The van der Waals surface area contributed by atoms with Crippen LogP contribution in [0.4, 0.5) is 0 Å². The summed E-state index contributed by atoms with van der Waals surface area (Å²) in [6.07, 6.45) is 2.25. The summed E-state index contributed by atoms with van der Waals surface area (Å²) in [6, 6.07) is 8.46. The molecule has 0 bridgehead atoms. The van der Waals surface area contributed by atoms with Gasteiger partial charge in [-0.3, -0.25) is 10.1 Å². The second-order valence-corrected chi connectivity index (χ2v) is 5.77. The van der Waals surface area contributed by atoms with Gasteiger partial charge in [-0.2, -0.15) is 0 Å². The van der Waals surface area contributed by atoms with Gasteiger partial charge in [0, 0.05) is 16.6 Å². The quantitative estimate of drug-likeness (QED) is 0.878. The minimum absolute atomic E-state index is 0.0939. The zero-order chi connectivity index (χ0) is 13.1. The zero-order valence-corrected chi connectivity index (χ0v) is 12.3. The monoisotopic (exact) mass is 310 g/mol. The fourth-order valence-corrected chi connectivity index (χ4v) is 2.55. The maximum absolute atomic E-state index is 11.9. The molecule has 2 N–H and O–H groups in total. The Morgan fingerprint density at radius 3 is 2.61 bits per heavy atom. The minimum atomic E-state index is -0.173. The van der Waals surface area contributed by atoms with Crippen LogP contribution in [0.25, 0.3) is 0 Å². The van der Waals surface area contributed by atoms with Crippen LogP contribution in [0.15, 0.2) is 28.7 Å². The van der Waals surface area contributed by atoms with Crippen molar-refractivity contribution < 1.29 is 4.79 Å². The molecule has 3 nitrogen and oxygen atoms in total.